The summed E-state index contributed by atoms with van der Waals surface area (Å²) < 4.78 is 7.97. The number of primary amides is 1. The number of carbonyl (C=O) groups is 1. The second kappa shape index (κ2) is 11.0. The third-order valence-electron chi connectivity index (χ3n) is 7.75. The quantitative estimate of drug-likeness (QED) is 0.305. The van der Waals surface area contributed by atoms with E-state index in [4.69, 9.17) is 16.2 Å². The van der Waals surface area contributed by atoms with Crippen LogP contribution in [0, 0.1) is 13.8 Å². The second-order valence-electron chi connectivity index (χ2n) is 10.7. The van der Waals surface area contributed by atoms with Crippen LogP contribution < -0.4 is 26.4 Å². The Morgan fingerprint density at radius 2 is 1.98 bits per heavy atom. The lowest BCUT2D eigenvalue weighted by Crippen LogP contribution is -2.50. The number of anilines is 2. The molecule has 0 aromatic carbocycles. The van der Waals surface area contributed by atoms with Gasteiger partial charge in [-0.2, -0.15) is 15.3 Å². The molecule has 1 aliphatic carbocycles. The van der Waals surface area contributed by atoms with Crippen LogP contribution in [0.25, 0.3) is 16.8 Å². The molecule has 1 saturated heterocycles. The van der Waals surface area contributed by atoms with Gasteiger partial charge in [0.2, 0.25) is 5.88 Å². The van der Waals surface area contributed by atoms with Crippen molar-refractivity contribution in [3.8, 4) is 17.1 Å². The number of nitrogen functional groups attached to an aromatic ring is 1. The minimum absolute atomic E-state index is 0.0425. The first kappa shape index (κ1) is 26.4. The maximum Gasteiger partial charge on any atom is 0.264 e. The summed E-state index contributed by atoms with van der Waals surface area (Å²) in [6.07, 6.45) is 9.30. The van der Waals surface area contributed by atoms with E-state index in [0.29, 0.717) is 28.7 Å². The molecule has 2 aliphatic rings. The first-order valence-electron chi connectivity index (χ1n) is 13.7. The molecule has 4 aromatic rings. The highest BCUT2D eigenvalue weighted by Gasteiger charge is 2.30. The molecular weight excluding hydrogens is 528 g/mol. The number of thiazole rings is 1. The number of aromatic nitrogens is 6. The number of hydrogen-bond donors (Lipinski definition) is 3. The molecule has 5 heterocycles. The van der Waals surface area contributed by atoms with Gasteiger partial charge in [-0.05, 0) is 64.5 Å². The summed E-state index contributed by atoms with van der Waals surface area (Å²) in [4.78, 5) is 23.2. The minimum Gasteiger partial charge on any atom is -0.473 e. The molecule has 6 rings (SSSR count). The van der Waals surface area contributed by atoms with Crippen LogP contribution in [0.3, 0.4) is 0 Å². The van der Waals surface area contributed by atoms with Gasteiger partial charge in [0.25, 0.3) is 5.91 Å². The van der Waals surface area contributed by atoms with E-state index in [9.17, 15) is 4.79 Å². The maximum absolute atomic E-state index is 11.7. The fourth-order valence-electron chi connectivity index (χ4n) is 5.92. The van der Waals surface area contributed by atoms with Gasteiger partial charge >= 0.3 is 0 Å². The fourth-order valence-corrected chi connectivity index (χ4v) is 6.63. The predicted molar refractivity (Wildman–Crippen MR) is 154 cm³/mol. The second-order valence-corrected chi connectivity index (χ2v) is 11.9. The van der Waals surface area contributed by atoms with Gasteiger partial charge in [0, 0.05) is 30.7 Å². The van der Waals surface area contributed by atoms with E-state index >= 15 is 0 Å². The van der Waals surface area contributed by atoms with Crippen molar-refractivity contribution >= 4 is 34.3 Å². The molecule has 1 amide bonds. The summed E-state index contributed by atoms with van der Waals surface area (Å²) in [5.41, 5.74) is 16.4. The number of hydrogen-bond acceptors (Lipinski definition) is 11. The van der Waals surface area contributed by atoms with Gasteiger partial charge in [0.1, 0.15) is 17.9 Å². The van der Waals surface area contributed by atoms with E-state index in [1.54, 1.807) is 6.20 Å². The summed E-state index contributed by atoms with van der Waals surface area (Å²) in [6, 6.07) is 4.91. The van der Waals surface area contributed by atoms with Crippen molar-refractivity contribution in [1.82, 2.24) is 35.1 Å². The van der Waals surface area contributed by atoms with Gasteiger partial charge in [0.05, 0.1) is 28.3 Å². The number of nitrogens with zero attached hydrogens (tertiary/aromatic N) is 7. The Kier molecular flexibility index (Phi) is 7.24. The monoisotopic (exact) mass is 562 g/mol. The van der Waals surface area contributed by atoms with Gasteiger partial charge in [-0.15, -0.1) is 11.3 Å². The lowest BCUT2D eigenvalue weighted by atomic mass is 9.91. The van der Waals surface area contributed by atoms with Gasteiger partial charge in [-0.25, -0.2) is 14.5 Å². The topological polar surface area (TPSA) is 162 Å². The average Bonchev–Trinajstić information content (AvgIpc) is 3.51. The Hall–Kier alpha value is -3.84. The number of fused-ring (bicyclic) bond motifs is 1. The molecule has 2 fully saturated rings. The van der Waals surface area contributed by atoms with Crippen LogP contribution in [0.5, 0.6) is 5.88 Å². The number of carbonyl (C=O) groups excluding carboxylic acids is 1. The predicted octanol–water partition coefficient (Wildman–Crippen LogP) is 2.89. The molecule has 0 bridgehead atoms. The Bertz CT molecular complexity index is 1530. The van der Waals surface area contributed by atoms with Crippen molar-refractivity contribution in [2.75, 3.05) is 23.7 Å². The lowest BCUT2D eigenvalue weighted by Gasteiger charge is -2.38. The van der Waals surface area contributed by atoms with Crippen molar-refractivity contribution < 1.29 is 9.53 Å². The molecule has 1 aliphatic heterocycles. The summed E-state index contributed by atoms with van der Waals surface area (Å²) in [7, 11) is 0. The average molecular weight is 563 g/mol. The molecule has 13 heteroatoms. The zero-order valence-corrected chi connectivity index (χ0v) is 23.5. The molecule has 4 aromatic heterocycles. The number of nitrogens with one attached hydrogen (secondary N) is 1. The van der Waals surface area contributed by atoms with Crippen molar-refractivity contribution in [2.24, 2.45) is 5.73 Å². The Morgan fingerprint density at radius 3 is 2.75 bits per heavy atom. The molecule has 1 atom stereocenters. The number of amides is 1. The van der Waals surface area contributed by atoms with Crippen molar-refractivity contribution in [1.29, 1.82) is 0 Å². The number of rotatable bonds is 7. The third kappa shape index (κ3) is 5.30. The molecule has 5 N–H and O–H groups in total. The molecule has 40 heavy (non-hydrogen) atoms. The van der Waals surface area contributed by atoms with Crippen LogP contribution in [0.1, 0.15) is 58.9 Å². The normalized spacial score (nSPS) is 21.6. The van der Waals surface area contributed by atoms with Crippen molar-refractivity contribution in [2.45, 2.75) is 70.6 Å². The summed E-state index contributed by atoms with van der Waals surface area (Å²) in [6.45, 7) is 5.59. The first-order chi connectivity index (χ1) is 19.4. The van der Waals surface area contributed by atoms with Crippen LogP contribution >= 0.6 is 11.3 Å². The van der Waals surface area contributed by atoms with Gasteiger partial charge < -0.3 is 26.4 Å². The van der Waals surface area contributed by atoms with Gasteiger partial charge in [-0.1, -0.05) is 0 Å². The number of piperidine rings is 1. The van der Waals surface area contributed by atoms with E-state index in [-0.39, 0.29) is 6.10 Å². The van der Waals surface area contributed by atoms with E-state index in [2.05, 4.69) is 41.5 Å². The van der Waals surface area contributed by atoms with Gasteiger partial charge in [0.15, 0.2) is 10.7 Å². The zero-order valence-electron chi connectivity index (χ0n) is 22.7. The highest BCUT2D eigenvalue weighted by Crippen LogP contribution is 2.35. The molecule has 0 spiro atoms. The molecule has 12 nitrogen and oxygen atoms in total. The molecule has 0 unspecified atom stereocenters. The summed E-state index contributed by atoms with van der Waals surface area (Å²) in [5.74, 6) is 0.356. The van der Waals surface area contributed by atoms with E-state index in [0.717, 1.165) is 84.8 Å². The molecular formula is C27H34N10O2S. The Balaban J connectivity index is 1.13. The SMILES string of the molecule is Cc1cc(-c2cc(N3CCC[C@@H](NC4CCC(Oc5nc(C)sc5C(N)=O)CC4)C3)c3c(N)ncnn23)cnn1. The summed E-state index contributed by atoms with van der Waals surface area (Å²) >= 11 is 1.28. The van der Waals surface area contributed by atoms with E-state index < -0.39 is 5.91 Å². The third-order valence-corrected chi connectivity index (χ3v) is 8.71. The van der Waals surface area contributed by atoms with Crippen molar-refractivity contribution in [3.63, 3.8) is 0 Å². The highest BCUT2D eigenvalue weighted by molar-refractivity contribution is 7.13. The number of ether oxygens (including phenoxy) is 1. The minimum atomic E-state index is -0.484. The number of aryl methyl sites for hydroxylation is 2. The largest absolute Gasteiger partial charge is 0.473 e. The van der Waals surface area contributed by atoms with Crippen LogP contribution in [0.4, 0.5) is 11.5 Å². The van der Waals surface area contributed by atoms with Crippen LogP contribution in [-0.4, -0.2) is 67.0 Å². The van der Waals surface area contributed by atoms with Gasteiger partial charge in [-0.3, -0.25) is 4.79 Å². The van der Waals surface area contributed by atoms with Crippen LogP contribution in [0.2, 0.25) is 0 Å². The molecule has 1 saturated carbocycles. The molecule has 0 radical (unpaired) electrons. The molecule has 210 valence electrons. The first-order valence-corrected chi connectivity index (χ1v) is 14.5. The van der Waals surface area contributed by atoms with E-state index in [1.807, 2.05) is 24.4 Å². The van der Waals surface area contributed by atoms with Crippen LogP contribution in [0.15, 0.2) is 24.7 Å². The zero-order chi connectivity index (χ0) is 27.8. The Morgan fingerprint density at radius 1 is 1.15 bits per heavy atom. The number of nitrogens with two attached hydrogens (primary N) is 2. The van der Waals surface area contributed by atoms with Crippen molar-refractivity contribution in [3.05, 3.63) is 40.2 Å². The lowest BCUT2D eigenvalue weighted by molar-refractivity contribution is 0.0985. The Labute approximate surface area is 236 Å². The smallest absolute Gasteiger partial charge is 0.264 e. The standard InChI is InChI=1S/C27H34N10O2S/c1-15-10-17(12-31-35-15)21-11-22(23-25(28)30-14-32-37(21)23)36-9-3-4-19(13-36)34-18-5-7-20(8-6-18)39-27-24(26(29)38)40-16(2)33-27/h10-12,14,18-20,34H,3-9,13H2,1-2H3,(H2,29,38)(H2,28,30,32)/t18?,19-,20?/m1/s1. The maximum atomic E-state index is 11.7. The van der Waals surface area contributed by atoms with Crippen LogP contribution in [-0.2, 0) is 0 Å². The highest BCUT2D eigenvalue weighted by atomic mass is 32.1. The fraction of sp³-hybridized carbons (Fsp3) is 0.481. The van der Waals surface area contributed by atoms with E-state index in [1.165, 1.54) is 17.7 Å². The summed E-state index contributed by atoms with van der Waals surface area (Å²) in [5, 5.41) is 17.5.